The Morgan fingerprint density at radius 3 is 2.35 bits per heavy atom. The molecule has 9 heteroatoms. The molecule has 7 nitrogen and oxygen atoms in total. The molecule has 2 fully saturated rings. The molecule has 2 aromatic heterocycles. The monoisotopic (exact) mass is 615 g/mol. The summed E-state index contributed by atoms with van der Waals surface area (Å²) in [6.45, 7) is 8.37. The number of aromatic nitrogens is 2. The Hall–Kier alpha value is -3.62. The lowest BCUT2D eigenvalue weighted by molar-refractivity contribution is 0.0529. The van der Waals surface area contributed by atoms with Gasteiger partial charge >= 0.3 is 6.03 Å². The van der Waals surface area contributed by atoms with Gasteiger partial charge in [-0.2, -0.15) is 5.10 Å². The van der Waals surface area contributed by atoms with Crippen molar-refractivity contribution in [2.75, 3.05) is 10.6 Å². The molecule has 4 aromatic rings. The van der Waals surface area contributed by atoms with Gasteiger partial charge < -0.3 is 10.2 Å². The quantitative estimate of drug-likeness (QED) is 0.228. The van der Waals surface area contributed by atoms with E-state index in [9.17, 15) is 9.59 Å². The molecular formula is C34H38ClN5O2S. The van der Waals surface area contributed by atoms with Gasteiger partial charge in [0.2, 0.25) is 0 Å². The van der Waals surface area contributed by atoms with Gasteiger partial charge in [-0.3, -0.25) is 10.1 Å². The first kappa shape index (κ1) is 29.5. The number of hydrogen-bond acceptors (Lipinski definition) is 4. The highest BCUT2D eigenvalue weighted by atomic mass is 35.5. The summed E-state index contributed by atoms with van der Waals surface area (Å²) in [4.78, 5) is 29.2. The number of piperidine rings is 1. The number of aryl methyl sites for hydroxylation is 1. The Kier molecular flexibility index (Phi) is 8.09. The van der Waals surface area contributed by atoms with Crippen LogP contribution in [0.1, 0.15) is 72.9 Å². The van der Waals surface area contributed by atoms with Gasteiger partial charge in [0.05, 0.1) is 20.6 Å². The van der Waals surface area contributed by atoms with Crippen LogP contribution in [0.3, 0.4) is 0 Å². The lowest BCUT2D eigenvalue weighted by atomic mass is 9.85. The van der Waals surface area contributed by atoms with Crippen LogP contribution in [-0.4, -0.2) is 38.7 Å². The summed E-state index contributed by atoms with van der Waals surface area (Å²) in [6.07, 6.45) is 5.04. The van der Waals surface area contributed by atoms with E-state index in [1.54, 1.807) is 10.7 Å². The van der Waals surface area contributed by atoms with Gasteiger partial charge in [0, 0.05) is 29.3 Å². The van der Waals surface area contributed by atoms with Gasteiger partial charge in [-0.05, 0) is 86.9 Å². The number of benzene rings is 2. The average Bonchev–Trinajstić information content (AvgIpc) is 3.65. The van der Waals surface area contributed by atoms with Crippen LogP contribution in [0.25, 0.3) is 5.69 Å². The van der Waals surface area contributed by atoms with Crippen LogP contribution in [0.5, 0.6) is 0 Å². The molecule has 0 aliphatic carbocycles. The summed E-state index contributed by atoms with van der Waals surface area (Å²) >= 11 is 7.46. The maximum absolute atomic E-state index is 13.2. The molecule has 4 heterocycles. The summed E-state index contributed by atoms with van der Waals surface area (Å²) in [6, 6.07) is 22.0. The van der Waals surface area contributed by atoms with Crippen LogP contribution in [0, 0.1) is 12.8 Å². The fourth-order valence-electron chi connectivity index (χ4n) is 6.45. The van der Waals surface area contributed by atoms with Crippen molar-refractivity contribution < 1.29 is 9.59 Å². The number of nitrogens with one attached hydrogen (secondary N) is 2. The van der Waals surface area contributed by atoms with Gasteiger partial charge in [0.15, 0.2) is 0 Å². The van der Waals surface area contributed by atoms with Crippen molar-refractivity contribution in [1.82, 2.24) is 14.7 Å². The summed E-state index contributed by atoms with van der Waals surface area (Å²) in [5, 5.41) is 10.9. The zero-order valence-electron chi connectivity index (χ0n) is 25.1. The Morgan fingerprint density at radius 1 is 0.977 bits per heavy atom. The summed E-state index contributed by atoms with van der Waals surface area (Å²) in [7, 11) is 0. The van der Waals surface area contributed by atoms with Crippen LogP contribution in [0.15, 0.2) is 66.7 Å². The Labute approximate surface area is 262 Å². The van der Waals surface area contributed by atoms with Gasteiger partial charge in [-0.25, -0.2) is 9.48 Å². The SMILES string of the molecule is Cc1ccc(-n2nc(C(C)(C)C)cc2NC(=O)Nc2cccc(CC3CC4CCC(C3)N4C(=O)c3ccc(Cl)s3)c2)cc1. The number of amides is 3. The minimum Gasteiger partial charge on any atom is -0.332 e. The lowest BCUT2D eigenvalue weighted by Crippen LogP contribution is -2.46. The maximum atomic E-state index is 13.2. The number of hydrogen-bond donors (Lipinski definition) is 2. The molecule has 6 rings (SSSR count). The smallest absolute Gasteiger partial charge is 0.324 e. The van der Waals surface area contributed by atoms with Crippen molar-refractivity contribution in [3.8, 4) is 5.69 Å². The minimum atomic E-state index is -0.315. The van der Waals surface area contributed by atoms with Crippen LogP contribution in [0.4, 0.5) is 16.3 Å². The van der Waals surface area contributed by atoms with Gasteiger partial charge in [0.25, 0.3) is 5.91 Å². The second-order valence-electron chi connectivity index (χ2n) is 12.9. The number of thiophene rings is 1. The second-order valence-corrected chi connectivity index (χ2v) is 14.6. The molecule has 0 radical (unpaired) electrons. The van der Waals surface area contributed by atoms with Crippen LogP contribution in [0.2, 0.25) is 4.34 Å². The zero-order chi connectivity index (χ0) is 30.3. The van der Waals surface area contributed by atoms with Crippen molar-refractivity contribution in [2.45, 2.75) is 77.3 Å². The molecule has 43 heavy (non-hydrogen) atoms. The third kappa shape index (κ3) is 6.50. The van der Waals surface area contributed by atoms with Gasteiger partial charge in [-0.15, -0.1) is 11.3 Å². The second kappa shape index (κ2) is 11.8. The Balaban J connectivity index is 1.11. The predicted molar refractivity (Wildman–Crippen MR) is 175 cm³/mol. The van der Waals surface area contributed by atoms with E-state index in [-0.39, 0.29) is 29.4 Å². The fourth-order valence-corrected chi connectivity index (χ4v) is 7.44. The summed E-state index contributed by atoms with van der Waals surface area (Å²) < 4.78 is 2.44. The van der Waals surface area contributed by atoms with Crippen molar-refractivity contribution in [3.63, 3.8) is 0 Å². The van der Waals surface area contributed by atoms with Crippen LogP contribution >= 0.6 is 22.9 Å². The van der Waals surface area contributed by atoms with Crippen LogP contribution in [-0.2, 0) is 11.8 Å². The van der Waals surface area contributed by atoms with Crippen molar-refractivity contribution in [1.29, 1.82) is 0 Å². The summed E-state index contributed by atoms with van der Waals surface area (Å²) in [5.74, 6) is 1.24. The molecule has 0 saturated carbocycles. The third-order valence-corrected chi connectivity index (χ3v) is 9.78. The molecule has 2 saturated heterocycles. The zero-order valence-corrected chi connectivity index (χ0v) is 26.6. The highest BCUT2D eigenvalue weighted by molar-refractivity contribution is 7.18. The molecule has 0 spiro atoms. The highest BCUT2D eigenvalue weighted by Crippen LogP contribution is 2.41. The molecular weight excluding hydrogens is 578 g/mol. The molecule has 2 N–H and O–H groups in total. The highest BCUT2D eigenvalue weighted by Gasteiger charge is 2.43. The number of fused-ring (bicyclic) bond motifs is 2. The van der Waals surface area contributed by atoms with Crippen molar-refractivity contribution in [2.24, 2.45) is 5.92 Å². The van der Waals surface area contributed by atoms with Gasteiger partial charge in [0.1, 0.15) is 5.82 Å². The van der Waals surface area contributed by atoms with Crippen LogP contribution < -0.4 is 10.6 Å². The molecule has 2 unspecified atom stereocenters. The standard InChI is InChI=1S/C34H38ClN5O2S/c1-21-8-10-25(11-9-21)40-31(20-29(38-40)34(2,3)4)37-33(42)36-24-7-5-6-22(17-24)16-23-18-26-12-13-27(19-23)39(26)32(41)28-14-15-30(35)43-28/h5-11,14-15,17,20,23,26-27H,12-13,16,18-19H2,1-4H3,(H2,36,37,42). The molecule has 3 amide bonds. The molecule has 2 atom stereocenters. The third-order valence-electron chi connectivity index (χ3n) is 8.56. The Bertz CT molecular complexity index is 1620. The van der Waals surface area contributed by atoms with E-state index in [4.69, 9.17) is 16.7 Å². The van der Waals surface area contributed by atoms with E-state index in [0.29, 0.717) is 16.1 Å². The average molecular weight is 616 g/mol. The molecule has 2 aliphatic heterocycles. The molecule has 224 valence electrons. The Morgan fingerprint density at radius 2 is 1.70 bits per heavy atom. The van der Waals surface area contributed by atoms with E-state index in [0.717, 1.165) is 59.6 Å². The predicted octanol–water partition coefficient (Wildman–Crippen LogP) is 8.46. The largest absolute Gasteiger partial charge is 0.332 e. The maximum Gasteiger partial charge on any atom is 0.324 e. The van der Waals surface area contributed by atoms with E-state index in [1.807, 2.05) is 55.5 Å². The molecule has 2 bridgehead atoms. The number of rotatable bonds is 6. The summed E-state index contributed by atoms with van der Waals surface area (Å²) in [5.41, 5.74) is 4.71. The minimum absolute atomic E-state index is 0.124. The first-order valence-corrected chi connectivity index (χ1v) is 16.2. The van der Waals surface area contributed by atoms with E-state index in [1.165, 1.54) is 16.9 Å². The topological polar surface area (TPSA) is 79.3 Å². The lowest BCUT2D eigenvalue weighted by Gasteiger charge is -2.39. The van der Waals surface area contributed by atoms with E-state index < -0.39 is 0 Å². The van der Waals surface area contributed by atoms with E-state index >= 15 is 0 Å². The van der Waals surface area contributed by atoms with Crippen molar-refractivity contribution in [3.05, 3.63) is 92.8 Å². The fraction of sp³-hybridized carbons (Fsp3) is 0.382. The van der Waals surface area contributed by atoms with Gasteiger partial charge in [-0.1, -0.05) is 62.2 Å². The number of urea groups is 1. The number of nitrogens with zero attached hydrogens (tertiary/aromatic N) is 3. The molecule has 2 aromatic carbocycles. The number of anilines is 2. The first-order valence-electron chi connectivity index (χ1n) is 15.0. The van der Waals surface area contributed by atoms with Crippen molar-refractivity contribution >= 4 is 46.4 Å². The number of carbonyl (C=O) groups excluding carboxylic acids is 2. The normalized spacial score (nSPS) is 19.8. The van der Waals surface area contributed by atoms with E-state index in [2.05, 4.69) is 48.4 Å². The number of halogens is 1. The number of carbonyl (C=O) groups is 2. The molecule has 2 aliphatic rings. The first-order chi connectivity index (χ1) is 20.5.